The van der Waals surface area contributed by atoms with Crippen molar-refractivity contribution in [3.63, 3.8) is 0 Å². The van der Waals surface area contributed by atoms with E-state index in [4.69, 9.17) is 21.1 Å². The smallest absolute Gasteiger partial charge is 0.216 e. The summed E-state index contributed by atoms with van der Waals surface area (Å²) in [6.07, 6.45) is 0. The number of hydrogen-bond donors (Lipinski definition) is 0. The molecule has 1 fully saturated rings. The van der Waals surface area contributed by atoms with Crippen molar-refractivity contribution in [3.05, 3.63) is 41.2 Å². The third-order valence-corrected chi connectivity index (χ3v) is 4.43. The fourth-order valence-electron chi connectivity index (χ4n) is 2.97. The first-order valence-electron chi connectivity index (χ1n) is 8.74. The van der Waals surface area contributed by atoms with Gasteiger partial charge in [-0.15, -0.1) is 0 Å². The van der Waals surface area contributed by atoms with Gasteiger partial charge in [-0.2, -0.15) is 0 Å². The summed E-state index contributed by atoms with van der Waals surface area (Å²) in [7, 11) is 0. The number of ether oxygens (including phenoxy) is 2. The highest BCUT2D eigenvalue weighted by molar-refractivity contribution is 6.33. The third-order valence-electron chi connectivity index (χ3n) is 4.10. The third kappa shape index (κ3) is 4.46. The van der Waals surface area contributed by atoms with Crippen LogP contribution in [0.5, 0.6) is 5.88 Å². The molecule has 2 aromatic rings. The Morgan fingerprint density at radius 2 is 2.04 bits per heavy atom. The van der Waals surface area contributed by atoms with Gasteiger partial charge in [0, 0.05) is 29.9 Å². The molecular weight excluding hydrogens is 355 g/mol. The van der Waals surface area contributed by atoms with Gasteiger partial charge in [-0.25, -0.2) is 9.37 Å². The van der Waals surface area contributed by atoms with Crippen molar-refractivity contribution in [1.29, 1.82) is 0 Å². The first kappa shape index (κ1) is 18.9. The average Bonchev–Trinajstić information content (AvgIpc) is 2.55. The Morgan fingerprint density at radius 1 is 1.27 bits per heavy atom. The summed E-state index contributed by atoms with van der Waals surface area (Å²) in [6.45, 7) is 10.1. The van der Waals surface area contributed by atoms with E-state index in [9.17, 15) is 4.39 Å². The van der Waals surface area contributed by atoms with Crippen LogP contribution in [0, 0.1) is 5.82 Å². The van der Waals surface area contributed by atoms with Gasteiger partial charge in [-0.3, -0.25) is 0 Å². The normalized spacial score (nSPS) is 18.1. The molecule has 0 spiro atoms. The molecule has 140 valence electrons. The molecule has 2 heterocycles. The second kappa shape index (κ2) is 7.41. The van der Waals surface area contributed by atoms with Crippen LogP contribution in [-0.4, -0.2) is 36.4 Å². The molecule has 1 saturated heterocycles. The number of anilines is 1. The van der Waals surface area contributed by atoms with E-state index in [-0.39, 0.29) is 11.9 Å². The van der Waals surface area contributed by atoms with Gasteiger partial charge in [-0.05, 0) is 52.0 Å². The zero-order chi connectivity index (χ0) is 18.9. The first-order chi connectivity index (χ1) is 12.2. The van der Waals surface area contributed by atoms with E-state index >= 15 is 0 Å². The van der Waals surface area contributed by atoms with Gasteiger partial charge < -0.3 is 14.4 Å². The highest BCUT2D eigenvalue weighted by atomic mass is 35.5. The number of nitrogens with zero attached hydrogens (tertiary/aromatic N) is 2. The van der Waals surface area contributed by atoms with Gasteiger partial charge >= 0.3 is 0 Å². The van der Waals surface area contributed by atoms with Gasteiger partial charge in [0.1, 0.15) is 11.4 Å². The van der Waals surface area contributed by atoms with Crippen LogP contribution in [0.15, 0.2) is 30.3 Å². The first-order valence-corrected chi connectivity index (χ1v) is 9.12. The molecule has 1 aromatic carbocycles. The second-order valence-electron chi connectivity index (χ2n) is 7.50. The van der Waals surface area contributed by atoms with Crippen LogP contribution < -0.4 is 9.64 Å². The molecule has 0 bridgehead atoms. The average molecular weight is 379 g/mol. The van der Waals surface area contributed by atoms with Gasteiger partial charge in [-0.1, -0.05) is 11.6 Å². The minimum atomic E-state index is -0.398. The Balaban J connectivity index is 2.09. The maximum atomic E-state index is 13.8. The predicted octanol–water partition coefficient (Wildman–Crippen LogP) is 4.94. The zero-order valence-corrected chi connectivity index (χ0v) is 16.3. The van der Waals surface area contributed by atoms with Crippen LogP contribution >= 0.6 is 11.6 Å². The van der Waals surface area contributed by atoms with Crippen molar-refractivity contribution < 1.29 is 13.9 Å². The molecule has 1 unspecified atom stereocenters. The van der Waals surface area contributed by atoms with E-state index < -0.39 is 5.60 Å². The molecule has 4 nitrogen and oxygen atoms in total. The summed E-state index contributed by atoms with van der Waals surface area (Å²) in [4.78, 5) is 6.83. The molecule has 1 aliphatic heterocycles. The Hall–Kier alpha value is -1.85. The highest BCUT2D eigenvalue weighted by Gasteiger charge is 2.23. The molecule has 1 aliphatic rings. The monoisotopic (exact) mass is 378 g/mol. The molecule has 0 N–H and O–H groups in total. The summed E-state index contributed by atoms with van der Waals surface area (Å²) in [6, 6.07) is 8.36. The zero-order valence-electron chi connectivity index (χ0n) is 15.6. The number of benzene rings is 1. The van der Waals surface area contributed by atoms with Crippen LogP contribution in [0.4, 0.5) is 10.1 Å². The molecule has 3 rings (SSSR count). The summed E-state index contributed by atoms with van der Waals surface area (Å²) in [5.41, 5.74) is 1.70. The molecule has 1 atom stereocenters. The summed E-state index contributed by atoms with van der Waals surface area (Å²) in [5, 5.41) is 0.452. The van der Waals surface area contributed by atoms with Crippen LogP contribution in [0.3, 0.4) is 0 Å². The van der Waals surface area contributed by atoms with Gasteiger partial charge in [0.05, 0.1) is 23.9 Å². The van der Waals surface area contributed by atoms with Crippen molar-refractivity contribution >= 4 is 17.3 Å². The highest BCUT2D eigenvalue weighted by Crippen LogP contribution is 2.34. The van der Waals surface area contributed by atoms with Crippen LogP contribution in [0.1, 0.15) is 27.7 Å². The largest absolute Gasteiger partial charge is 0.472 e. The Bertz CT molecular complexity index is 792. The molecule has 0 radical (unpaired) electrons. The van der Waals surface area contributed by atoms with Crippen molar-refractivity contribution in [2.75, 3.05) is 24.7 Å². The maximum absolute atomic E-state index is 13.8. The number of hydrogen-bond acceptors (Lipinski definition) is 4. The SMILES string of the molecule is CC1COCCN1c1cc(OC(C)(C)C)nc(-c2cc(F)ccc2Cl)c1. The summed E-state index contributed by atoms with van der Waals surface area (Å²) >= 11 is 6.30. The van der Waals surface area contributed by atoms with E-state index in [2.05, 4.69) is 16.8 Å². The van der Waals surface area contributed by atoms with E-state index in [1.54, 1.807) is 6.07 Å². The lowest BCUT2D eigenvalue weighted by Crippen LogP contribution is -2.43. The maximum Gasteiger partial charge on any atom is 0.216 e. The minimum Gasteiger partial charge on any atom is -0.472 e. The molecular formula is C20H24ClFN2O2. The number of pyridine rings is 1. The molecule has 1 aromatic heterocycles. The summed E-state index contributed by atoms with van der Waals surface area (Å²) in [5.74, 6) is 0.138. The standard InChI is InChI=1S/C20H24ClFN2O2/c1-13-12-25-8-7-24(13)15-10-18(16-9-14(22)5-6-17(16)21)23-19(11-15)26-20(2,3)4/h5-6,9-11,13H,7-8,12H2,1-4H3. The lowest BCUT2D eigenvalue weighted by molar-refractivity contribution is 0.0986. The van der Waals surface area contributed by atoms with Crippen molar-refractivity contribution in [1.82, 2.24) is 4.98 Å². The molecule has 0 aliphatic carbocycles. The van der Waals surface area contributed by atoms with E-state index in [0.717, 1.165) is 12.2 Å². The lowest BCUT2D eigenvalue weighted by Gasteiger charge is -2.35. The minimum absolute atomic E-state index is 0.226. The number of aromatic nitrogens is 1. The topological polar surface area (TPSA) is 34.6 Å². The van der Waals surface area contributed by atoms with E-state index in [0.29, 0.717) is 35.4 Å². The lowest BCUT2D eigenvalue weighted by atomic mass is 10.1. The summed E-state index contributed by atoms with van der Waals surface area (Å²) < 4.78 is 25.3. The molecule has 0 saturated carbocycles. The fourth-order valence-corrected chi connectivity index (χ4v) is 3.18. The van der Waals surface area contributed by atoms with Crippen molar-refractivity contribution in [2.45, 2.75) is 39.3 Å². The second-order valence-corrected chi connectivity index (χ2v) is 7.91. The van der Waals surface area contributed by atoms with Crippen LogP contribution in [0.2, 0.25) is 5.02 Å². The van der Waals surface area contributed by atoms with E-state index in [1.165, 1.54) is 12.1 Å². The number of rotatable bonds is 3. The van der Waals surface area contributed by atoms with Crippen LogP contribution in [-0.2, 0) is 4.74 Å². The Morgan fingerprint density at radius 3 is 2.73 bits per heavy atom. The number of morpholine rings is 1. The fraction of sp³-hybridized carbons (Fsp3) is 0.450. The quantitative estimate of drug-likeness (QED) is 0.757. The van der Waals surface area contributed by atoms with Crippen molar-refractivity contribution in [3.8, 4) is 17.1 Å². The number of halogens is 2. The molecule has 26 heavy (non-hydrogen) atoms. The van der Waals surface area contributed by atoms with Crippen LogP contribution in [0.25, 0.3) is 11.3 Å². The predicted molar refractivity (Wildman–Crippen MR) is 103 cm³/mol. The van der Waals surface area contributed by atoms with Gasteiger partial charge in [0.25, 0.3) is 0 Å². The molecule has 0 amide bonds. The Labute approximate surface area is 158 Å². The van der Waals surface area contributed by atoms with E-state index in [1.807, 2.05) is 32.9 Å². The van der Waals surface area contributed by atoms with Gasteiger partial charge in [0.2, 0.25) is 5.88 Å². The Kier molecular flexibility index (Phi) is 5.39. The van der Waals surface area contributed by atoms with Gasteiger partial charge in [0.15, 0.2) is 0 Å². The molecule has 6 heteroatoms. The van der Waals surface area contributed by atoms with Crippen molar-refractivity contribution in [2.24, 2.45) is 0 Å².